The van der Waals surface area contributed by atoms with Crippen LogP contribution in [0.3, 0.4) is 0 Å². The topological polar surface area (TPSA) is 101 Å². The third kappa shape index (κ3) is 2.79. The minimum absolute atomic E-state index is 0.0133. The van der Waals surface area contributed by atoms with E-state index >= 15 is 0 Å². The van der Waals surface area contributed by atoms with Crippen molar-refractivity contribution in [3.05, 3.63) is 35.9 Å². The monoisotopic (exact) mass is 353 g/mol. The maximum atomic E-state index is 12.3. The van der Waals surface area contributed by atoms with Gasteiger partial charge in [0, 0.05) is 37.2 Å². The van der Waals surface area contributed by atoms with E-state index in [0.717, 1.165) is 37.3 Å². The number of hydrogen-bond donors (Lipinski definition) is 1. The fraction of sp³-hybridized carbons (Fsp3) is 0.471. The number of carbonyl (C=O) groups is 1. The van der Waals surface area contributed by atoms with Crippen LogP contribution in [0.25, 0.3) is 5.65 Å². The molecule has 0 radical (unpaired) electrons. The minimum atomic E-state index is 0.0133. The molecular formula is C17H19N7O2. The molecule has 1 aliphatic heterocycles. The van der Waals surface area contributed by atoms with E-state index in [1.54, 1.807) is 16.9 Å². The van der Waals surface area contributed by atoms with E-state index < -0.39 is 0 Å². The Morgan fingerprint density at radius 1 is 1.27 bits per heavy atom. The lowest BCUT2D eigenvalue weighted by Crippen LogP contribution is -2.29. The molecule has 26 heavy (non-hydrogen) atoms. The number of likely N-dealkylation sites (tertiary alicyclic amines) is 1. The molecule has 5 rings (SSSR count). The lowest BCUT2D eigenvalue weighted by atomic mass is 10.1. The number of rotatable bonds is 5. The third-order valence-corrected chi connectivity index (χ3v) is 4.99. The summed E-state index contributed by atoms with van der Waals surface area (Å²) >= 11 is 0. The lowest BCUT2D eigenvalue weighted by molar-refractivity contribution is 0.0783. The second-order valence-corrected chi connectivity index (χ2v) is 6.98. The van der Waals surface area contributed by atoms with Gasteiger partial charge in [0.05, 0.1) is 18.4 Å². The van der Waals surface area contributed by atoms with Gasteiger partial charge in [0.1, 0.15) is 0 Å². The van der Waals surface area contributed by atoms with Crippen molar-refractivity contribution < 1.29 is 9.53 Å². The average molecular weight is 353 g/mol. The van der Waals surface area contributed by atoms with Gasteiger partial charge in [0.2, 0.25) is 5.88 Å². The maximum Gasteiger partial charge on any atom is 0.257 e. The van der Waals surface area contributed by atoms with Crippen LogP contribution in [0.5, 0.6) is 5.88 Å². The fourth-order valence-corrected chi connectivity index (χ4v) is 3.37. The first-order valence-electron chi connectivity index (χ1n) is 8.91. The van der Waals surface area contributed by atoms with Crippen LogP contribution in [0.4, 0.5) is 0 Å². The Balaban J connectivity index is 1.22. The van der Waals surface area contributed by atoms with Crippen LogP contribution in [-0.4, -0.2) is 60.5 Å². The zero-order chi connectivity index (χ0) is 17.5. The Labute approximate surface area is 149 Å². The van der Waals surface area contributed by atoms with Crippen molar-refractivity contribution in [3.8, 4) is 5.88 Å². The van der Waals surface area contributed by atoms with Gasteiger partial charge in [-0.25, -0.2) is 0 Å². The molecule has 0 aromatic carbocycles. The van der Waals surface area contributed by atoms with Crippen molar-refractivity contribution in [3.63, 3.8) is 0 Å². The normalized spacial score (nSPS) is 20.0. The molecule has 3 aromatic heterocycles. The molecule has 9 heteroatoms. The Hall–Kier alpha value is -2.97. The first-order valence-corrected chi connectivity index (χ1v) is 8.91. The third-order valence-electron chi connectivity index (χ3n) is 4.99. The molecule has 1 saturated carbocycles. The molecule has 2 fully saturated rings. The molecule has 1 amide bonds. The average Bonchev–Trinajstić information content (AvgIpc) is 3.10. The quantitative estimate of drug-likeness (QED) is 0.741. The first-order chi connectivity index (χ1) is 12.8. The minimum Gasteiger partial charge on any atom is -0.476 e. The van der Waals surface area contributed by atoms with Crippen molar-refractivity contribution in [1.82, 2.24) is 34.9 Å². The number of ether oxygens (including phenoxy) is 1. The number of aromatic nitrogens is 6. The molecule has 1 N–H and O–H groups in total. The summed E-state index contributed by atoms with van der Waals surface area (Å²) in [5.41, 5.74) is 1.34. The molecule has 0 spiro atoms. The Bertz CT molecular complexity index is 932. The molecule has 1 atom stereocenters. The van der Waals surface area contributed by atoms with Crippen LogP contribution < -0.4 is 4.74 Å². The van der Waals surface area contributed by atoms with Gasteiger partial charge < -0.3 is 9.64 Å². The zero-order valence-corrected chi connectivity index (χ0v) is 14.2. The van der Waals surface area contributed by atoms with Crippen molar-refractivity contribution >= 4 is 11.6 Å². The predicted molar refractivity (Wildman–Crippen MR) is 90.9 cm³/mol. The summed E-state index contributed by atoms with van der Waals surface area (Å²) < 4.78 is 7.69. The summed E-state index contributed by atoms with van der Waals surface area (Å²) in [4.78, 5) is 14.2. The van der Waals surface area contributed by atoms with Crippen molar-refractivity contribution in [2.75, 3.05) is 19.7 Å². The molecular weight excluding hydrogens is 334 g/mol. The number of hydrogen-bond acceptors (Lipinski definition) is 6. The summed E-state index contributed by atoms with van der Waals surface area (Å²) in [5, 5.41) is 19.4. The number of fused-ring (bicyclic) bond motifs is 1. The molecule has 1 saturated heterocycles. The Morgan fingerprint density at radius 3 is 3.00 bits per heavy atom. The van der Waals surface area contributed by atoms with Crippen LogP contribution in [0.15, 0.2) is 24.5 Å². The van der Waals surface area contributed by atoms with E-state index in [1.165, 1.54) is 0 Å². The molecule has 0 bridgehead atoms. The largest absolute Gasteiger partial charge is 0.476 e. The Morgan fingerprint density at radius 2 is 2.19 bits per heavy atom. The van der Waals surface area contributed by atoms with Gasteiger partial charge in [0.15, 0.2) is 11.5 Å². The van der Waals surface area contributed by atoms with Crippen LogP contribution in [0, 0.1) is 5.92 Å². The lowest BCUT2D eigenvalue weighted by Gasteiger charge is -2.15. The van der Waals surface area contributed by atoms with E-state index in [4.69, 9.17) is 4.74 Å². The number of nitrogens with one attached hydrogen (secondary N) is 1. The van der Waals surface area contributed by atoms with Gasteiger partial charge in [-0.05, 0) is 25.3 Å². The number of H-pyrrole nitrogens is 1. The molecule has 9 nitrogen and oxygen atoms in total. The standard InChI is InChI=1S/C17H19N7O2/c25-17(13-7-18-19-8-13)23-6-5-11(9-23)10-26-15-4-3-14-20-21-16(12-1-2-12)24(14)22-15/h3-4,7-8,11-12H,1-2,5-6,9-10H2,(H,18,19). The molecule has 134 valence electrons. The highest BCUT2D eigenvalue weighted by molar-refractivity contribution is 5.93. The van der Waals surface area contributed by atoms with E-state index in [9.17, 15) is 4.79 Å². The second-order valence-electron chi connectivity index (χ2n) is 6.98. The summed E-state index contributed by atoms with van der Waals surface area (Å²) in [6.07, 6.45) is 6.40. The van der Waals surface area contributed by atoms with Crippen molar-refractivity contribution in [1.29, 1.82) is 0 Å². The fourth-order valence-electron chi connectivity index (χ4n) is 3.37. The molecule has 4 heterocycles. The second kappa shape index (κ2) is 6.08. The molecule has 3 aromatic rings. The Kier molecular flexibility index (Phi) is 3.58. The highest BCUT2D eigenvalue weighted by atomic mass is 16.5. The number of aromatic amines is 1. The van der Waals surface area contributed by atoms with Gasteiger partial charge in [-0.15, -0.1) is 15.3 Å². The van der Waals surface area contributed by atoms with Crippen molar-refractivity contribution in [2.45, 2.75) is 25.2 Å². The summed E-state index contributed by atoms with van der Waals surface area (Å²) in [5.74, 6) is 2.28. The van der Waals surface area contributed by atoms with Gasteiger partial charge in [0.25, 0.3) is 5.91 Å². The van der Waals surface area contributed by atoms with Crippen LogP contribution in [0.2, 0.25) is 0 Å². The number of nitrogens with zero attached hydrogens (tertiary/aromatic N) is 6. The van der Waals surface area contributed by atoms with Crippen LogP contribution in [0.1, 0.15) is 41.4 Å². The first kappa shape index (κ1) is 15.3. The van der Waals surface area contributed by atoms with Gasteiger partial charge in [-0.2, -0.15) is 9.61 Å². The summed E-state index contributed by atoms with van der Waals surface area (Å²) in [6.45, 7) is 1.96. The molecule has 1 aliphatic carbocycles. The summed E-state index contributed by atoms with van der Waals surface area (Å²) in [6, 6.07) is 3.70. The SMILES string of the molecule is O=C(c1cn[nH]c1)N1CCC(COc2ccc3nnc(C4CC4)n3n2)C1. The predicted octanol–water partition coefficient (Wildman–Crippen LogP) is 1.27. The smallest absolute Gasteiger partial charge is 0.257 e. The van der Waals surface area contributed by atoms with Gasteiger partial charge in [-0.3, -0.25) is 9.89 Å². The maximum absolute atomic E-state index is 12.3. The number of amides is 1. The highest BCUT2D eigenvalue weighted by Gasteiger charge is 2.30. The molecule has 2 aliphatic rings. The van der Waals surface area contributed by atoms with Crippen LogP contribution in [-0.2, 0) is 0 Å². The summed E-state index contributed by atoms with van der Waals surface area (Å²) in [7, 11) is 0. The van der Waals surface area contributed by atoms with Crippen LogP contribution >= 0.6 is 0 Å². The zero-order valence-electron chi connectivity index (χ0n) is 14.2. The van der Waals surface area contributed by atoms with E-state index in [1.807, 2.05) is 17.0 Å². The number of carbonyl (C=O) groups excluding carboxylic acids is 1. The highest BCUT2D eigenvalue weighted by Crippen LogP contribution is 2.38. The van der Waals surface area contributed by atoms with Gasteiger partial charge >= 0.3 is 0 Å². The van der Waals surface area contributed by atoms with E-state index in [2.05, 4.69) is 25.5 Å². The van der Waals surface area contributed by atoms with Gasteiger partial charge in [-0.1, -0.05) is 0 Å². The molecule has 1 unspecified atom stereocenters. The van der Waals surface area contributed by atoms with E-state index in [-0.39, 0.29) is 5.91 Å². The van der Waals surface area contributed by atoms with E-state index in [0.29, 0.717) is 36.4 Å². The van der Waals surface area contributed by atoms with Crippen molar-refractivity contribution in [2.24, 2.45) is 5.92 Å².